The number of rotatable bonds is 5. The molecule has 0 amide bonds. The molecule has 0 radical (unpaired) electrons. The van der Waals surface area contributed by atoms with Gasteiger partial charge in [0.25, 0.3) is 0 Å². The maximum atomic E-state index is 12.1. The third-order valence-electron chi connectivity index (χ3n) is 3.27. The van der Waals surface area contributed by atoms with Gasteiger partial charge in [-0.3, -0.25) is 0 Å². The SMILES string of the molecule is CC1CCN(S(=O)(=O)CCS(C)(=O)=O)C(CN)C1. The number of sulfonamides is 1. The lowest BCUT2D eigenvalue weighted by molar-refractivity contribution is 0.211. The normalized spacial score (nSPS) is 27.3. The number of nitrogens with two attached hydrogens (primary N) is 1. The van der Waals surface area contributed by atoms with Crippen molar-refractivity contribution in [1.82, 2.24) is 4.31 Å². The van der Waals surface area contributed by atoms with E-state index in [1.165, 1.54) is 4.31 Å². The summed E-state index contributed by atoms with van der Waals surface area (Å²) in [5.74, 6) is -0.227. The third kappa shape index (κ3) is 4.49. The van der Waals surface area contributed by atoms with Crippen LogP contribution in [0.1, 0.15) is 19.8 Å². The smallest absolute Gasteiger partial charge is 0.215 e. The number of hydrogen-bond acceptors (Lipinski definition) is 5. The third-order valence-corrected chi connectivity index (χ3v) is 6.38. The van der Waals surface area contributed by atoms with E-state index < -0.39 is 19.9 Å². The first kappa shape index (κ1) is 15.9. The second kappa shape index (κ2) is 5.85. The maximum Gasteiger partial charge on any atom is 0.215 e. The summed E-state index contributed by atoms with van der Waals surface area (Å²) in [5, 5.41) is 0. The Morgan fingerprint density at radius 2 is 1.83 bits per heavy atom. The summed E-state index contributed by atoms with van der Waals surface area (Å²) in [6.07, 6.45) is 2.59. The Hall–Kier alpha value is -0.180. The molecule has 1 aliphatic rings. The lowest BCUT2D eigenvalue weighted by Gasteiger charge is -2.36. The summed E-state index contributed by atoms with van der Waals surface area (Å²) < 4.78 is 47.7. The molecule has 1 fully saturated rings. The van der Waals surface area contributed by atoms with Crippen molar-refractivity contribution in [3.05, 3.63) is 0 Å². The first-order valence-corrected chi connectivity index (χ1v) is 9.70. The molecule has 0 aromatic rings. The molecule has 0 aromatic carbocycles. The molecule has 2 atom stereocenters. The predicted octanol–water partition coefficient (Wildman–Crippen LogP) is -0.580. The highest BCUT2D eigenvalue weighted by atomic mass is 32.2. The Bertz CT molecular complexity index is 472. The lowest BCUT2D eigenvalue weighted by atomic mass is 9.94. The maximum absolute atomic E-state index is 12.1. The van der Waals surface area contributed by atoms with Crippen molar-refractivity contribution < 1.29 is 16.8 Å². The van der Waals surface area contributed by atoms with Crippen molar-refractivity contribution >= 4 is 19.9 Å². The van der Waals surface area contributed by atoms with E-state index in [9.17, 15) is 16.8 Å². The van der Waals surface area contributed by atoms with Crippen molar-refractivity contribution in [2.24, 2.45) is 11.7 Å². The van der Waals surface area contributed by atoms with Gasteiger partial charge >= 0.3 is 0 Å². The van der Waals surface area contributed by atoms with Gasteiger partial charge in [0.15, 0.2) is 0 Å². The number of hydrogen-bond donors (Lipinski definition) is 1. The van der Waals surface area contributed by atoms with Crippen LogP contribution in [0, 0.1) is 5.92 Å². The minimum Gasteiger partial charge on any atom is -0.329 e. The topological polar surface area (TPSA) is 97.5 Å². The molecule has 2 unspecified atom stereocenters. The molecule has 18 heavy (non-hydrogen) atoms. The van der Waals surface area contributed by atoms with Crippen molar-refractivity contribution in [3.8, 4) is 0 Å². The zero-order valence-corrected chi connectivity index (χ0v) is 12.5. The predicted molar refractivity (Wildman–Crippen MR) is 71.4 cm³/mol. The quantitative estimate of drug-likeness (QED) is 0.732. The Labute approximate surface area is 110 Å². The van der Waals surface area contributed by atoms with Gasteiger partial charge in [0.2, 0.25) is 10.0 Å². The molecule has 0 aromatic heterocycles. The number of piperidine rings is 1. The highest BCUT2D eigenvalue weighted by Crippen LogP contribution is 2.24. The van der Waals surface area contributed by atoms with Crippen LogP contribution in [0.5, 0.6) is 0 Å². The van der Waals surface area contributed by atoms with Crippen LogP contribution >= 0.6 is 0 Å². The summed E-state index contributed by atoms with van der Waals surface area (Å²) in [6, 6.07) is -0.196. The van der Waals surface area contributed by atoms with E-state index in [4.69, 9.17) is 5.73 Å². The van der Waals surface area contributed by atoms with Crippen LogP contribution in [0.25, 0.3) is 0 Å². The largest absolute Gasteiger partial charge is 0.329 e. The molecule has 8 heteroatoms. The molecule has 0 aliphatic carbocycles. The average molecular weight is 298 g/mol. The van der Waals surface area contributed by atoms with Gasteiger partial charge in [-0.2, -0.15) is 4.31 Å². The summed E-state index contributed by atoms with van der Waals surface area (Å²) >= 11 is 0. The van der Waals surface area contributed by atoms with Gasteiger partial charge < -0.3 is 5.73 Å². The second-order valence-corrected chi connectivity index (χ2v) is 9.38. The van der Waals surface area contributed by atoms with Gasteiger partial charge in [-0.05, 0) is 18.8 Å². The fraction of sp³-hybridized carbons (Fsp3) is 1.00. The highest BCUT2D eigenvalue weighted by Gasteiger charge is 2.34. The lowest BCUT2D eigenvalue weighted by Crippen LogP contribution is -2.50. The fourth-order valence-electron chi connectivity index (χ4n) is 2.18. The minimum absolute atomic E-state index is 0.196. The number of sulfone groups is 1. The van der Waals surface area contributed by atoms with Crippen molar-refractivity contribution in [2.45, 2.75) is 25.8 Å². The molecular weight excluding hydrogens is 276 g/mol. The molecule has 2 N–H and O–H groups in total. The Kier molecular flexibility index (Phi) is 5.16. The van der Waals surface area contributed by atoms with Gasteiger partial charge in [-0.15, -0.1) is 0 Å². The van der Waals surface area contributed by atoms with Crippen molar-refractivity contribution in [3.63, 3.8) is 0 Å². The van der Waals surface area contributed by atoms with Gasteiger partial charge in [0.05, 0.1) is 11.5 Å². The van der Waals surface area contributed by atoms with Crippen LogP contribution in [0.15, 0.2) is 0 Å². The molecule has 108 valence electrons. The molecule has 6 nitrogen and oxygen atoms in total. The molecule has 1 rings (SSSR count). The van der Waals surface area contributed by atoms with Crippen LogP contribution in [-0.4, -0.2) is 58.0 Å². The van der Waals surface area contributed by atoms with E-state index in [2.05, 4.69) is 6.92 Å². The molecule has 1 aliphatic heterocycles. The van der Waals surface area contributed by atoms with Crippen LogP contribution in [-0.2, 0) is 19.9 Å². The summed E-state index contributed by atoms with van der Waals surface area (Å²) in [6.45, 7) is 2.79. The van der Waals surface area contributed by atoms with E-state index in [0.29, 0.717) is 12.5 Å². The molecule has 0 spiro atoms. The van der Waals surface area contributed by atoms with Gasteiger partial charge in [-0.25, -0.2) is 16.8 Å². The first-order chi connectivity index (χ1) is 8.15. The Balaban J connectivity index is 2.77. The summed E-state index contributed by atoms with van der Waals surface area (Å²) in [7, 11) is -6.80. The van der Waals surface area contributed by atoms with Gasteiger partial charge in [0.1, 0.15) is 9.84 Å². The molecule has 1 saturated heterocycles. The molecule has 0 bridgehead atoms. The van der Waals surface area contributed by atoms with E-state index >= 15 is 0 Å². The standard InChI is InChI=1S/C10H22N2O4S2/c1-9-3-4-12(10(7-9)8-11)18(15,16)6-5-17(2,13)14/h9-10H,3-8,11H2,1-2H3. The van der Waals surface area contributed by atoms with E-state index in [1.54, 1.807) is 0 Å². The minimum atomic E-state index is -3.53. The second-order valence-electron chi connectivity index (χ2n) is 5.08. The van der Waals surface area contributed by atoms with Crippen LogP contribution in [0.3, 0.4) is 0 Å². The summed E-state index contributed by atoms with van der Waals surface area (Å²) in [5.41, 5.74) is 5.61. The molecular formula is C10H22N2O4S2. The molecule has 1 heterocycles. The monoisotopic (exact) mass is 298 g/mol. The zero-order chi connectivity index (χ0) is 14.0. The van der Waals surface area contributed by atoms with Gasteiger partial charge in [0, 0.05) is 25.4 Å². The Morgan fingerprint density at radius 1 is 1.22 bits per heavy atom. The van der Waals surface area contributed by atoms with E-state index in [1.807, 2.05) is 0 Å². The summed E-state index contributed by atoms with van der Waals surface area (Å²) in [4.78, 5) is 0. The van der Waals surface area contributed by atoms with E-state index in [0.717, 1.165) is 19.1 Å². The fourth-order valence-corrected chi connectivity index (χ4v) is 5.48. The van der Waals surface area contributed by atoms with Crippen LogP contribution in [0.4, 0.5) is 0 Å². The average Bonchev–Trinajstić information content (AvgIpc) is 2.25. The van der Waals surface area contributed by atoms with Crippen LogP contribution in [0.2, 0.25) is 0 Å². The highest BCUT2D eigenvalue weighted by molar-refractivity contribution is 7.93. The number of nitrogens with zero attached hydrogens (tertiary/aromatic N) is 1. The van der Waals surface area contributed by atoms with Crippen LogP contribution < -0.4 is 5.73 Å². The zero-order valence-electron chi connectivity index (χ0n) is 10.9. The van der Waals surface area contributed by atoms with Crippen molar-refractivity contribution in [2.75, 3.05) is 30.9 Å². The van der Waals surface area contributed by atoms with Crippen molar-refractivity contribution in [1.29, 1.82) is 0 Å². The van der Waals surface area contributed by atoms with Gasteiger partial charge in [-0.1, -0.05) is 6.92 Å². The first-order valence-electron chi connectivity index (χ1n) is 6.03. The van der Waals surface area contributed by atoms with E-state index in [-0.39, 0.29) is 24.1 Å². The Morgan fingerprint density at radius 3 is 2.33 bits per heavy atom. The molecule has 0 saturated carbocycles.